The van der Waals surface area contributed by atoms with Gasteiger partial charge in [-0.3, -0.25) is 24.7 Å². The number of nitrogens with zero attached hydrogens (tertiary/aromatic N) is 2. The summed E-state index contributed by atoms with van der Waals surface area (Å²) < 4.78 is 5.65. The van der Waals surface area contributed by atoms with Gasteiger partial charge in [-0.05, 0) is 30.7 Å². The average molecular weight is 368 g/mol. The smallest absolute Gasteiger partial charge is 0.325 e. The van der Waals surface area contributed by atoms with Crippen molar-refractivity contribution < 1.29 is 18.9 Å². The highest BCUT2D eigenvalue weighted by atomic mass is 32.1. The van der Waals surface area contributed by atoms with Gasteiger partial charge in [0.2, 0.25) is 11.6 Å². The number of hydrogen-bond acceptors (Lipinski definition) is 7. The number of thiophene rings is 1. The second-order valence-electron chi connectivity index (χ2n) is 6.04. The van der Waals surface area contributed by atoms with E-state index in [1.165, 1.54) is 6.20 Å². The molecule has 0 radical (unpaired) electrons. The van der Waals surface area contributed by atoms with Crippen LogP contribution in [-0.2, 0) is 0 Å². The molecule has 0 saturated carbocycles. The lowest BCUT2D eigenvalue weighted by atomic mass is 9.85. The molecule has 0 bridgehead atoms. The maximum absolute atomic E-state index is 13.0. The minimum Gasteiger partial charge on any atom is -0.466 e. The molecule has 26 heavy (non-hydrogen) atoms. The van der Waals surface area contributed by atoms with Crippen LogP contribution in [0.25, 0.3) is 0 Å². The molecule has 0 aromatic carbocycles. The molecule has 7 nitrogen and oxygen atoms in total. The normalized spacial score (nSPS) is 14.1. The zero-order valence-electron chi connectivity index (χ0n) is 13.8. The van der Waals surface area contributed by atoms with Crippen molar-refractivity contribution in [2.75, 3.05) is 0 Å². The van der Waals surface area contributed by atoms with Gasteiger partial charge in [-0.25, -0.2) is 0 Å². The molecule has 0 N–H and O–H groups in total. The number of aromatic nitrogens is 1. The summed E-state index contributed by atoms with van der Waals surface area (Å²) in [6.07, 6.45) is 1.47. The van der Waals surface area contributed by atoms with Crippen LogP contribution in [0.5, 0.6) is 0 Å². The molecular formula is C18H12N2O5S. The molecule has 1 aliphatic carbocycles. The fourth-order valence-electron chi connectivity index (χ4n) is 3.13. The number of hydrogen-bond donors (Lipinski definition) is 0. The van der Waals surface area contributed by atoms with Crippen molar-refractivity contribution in [3.8, 4) is 0 Å². The van der Waals surface area contributed by atoms with Gasteiger partial charge in [0.1, 0.15) is 17.2 Å². The molecular weight excluding hydrogens is 356 g/mol. The number of aryl methyl sites for hydroxylation is 1. The Morgan fingerprint density at radius 2 is 2.00 bits per heavy atom. The average Bonchev–Trinajstić information content (AvgIpc) is 3.25. The van der Waals surface area contributed by atoms with E-state index in [1.54, 1.807) is 6.07 Å². The molecule has 3 heterocycles. The van der Waals surface area contributed by atoms with E-state index in [1.807, 2.05) is 26.0 Å². The number of furan rings is 1. The summed E-state index contributed by atoms with van der Waals surface area (Å²) in [5.74, 6) is 0.260. The van der Waals surface area contributed by atoms with Crippen LogP contribution < -0.4 is 0 Å². The van der Waals surface area contributed by atoms with Crippen molar-refractivity contribution in [2.45, 2.75) is 19.8 Å². The molecule has 1 unspecified atom stereocenters. The lowest BCUT2D eigenvalue weighted by Gasteiger charge is -2.19. The first-order valence-corrected chi connectivity index (χ1v) is 8.63. The molecule has 0 fully saturated rings. The van der Waals surface area contributed by atoms with E-state index in [4.69, 9.17) is 4.42 Å². The Balaban J connectivity index is 1.89. The third-order valence-corrected chi connectivity index (χ3v) is 5.52. The highest BCUT2D eigenvalue weighted by Crippen LogP contribution is 2.39. The number of ketones is 2. The Morgan fingerprint density at radius 1 is 1.23 bits per heavy atom. The van der Waals surface area contributed by atoms with Gasteiger partial charge in [-0.1, -0.05) is 18.3 Å². The number of fused-ring (bicyclic) bond motifs is 2. The van der Waals surface area contributed by atoms with Crippen LogP contribution in [0.15, 0.2) is 34.9 Å². The van der Waals surface area contributed by atoms with Crippen LogP contribution in [0.1, 0.15) is 61.2 Å². The Kier molecular flexibility index (Phi) is 3.58. The first-order valence-electron chi connectivity index (χ1n) is 7.81. The number of nitro groups is 1. The van der Waals surface area contributed by atoms with Gasteiger partial charge in [0, 0.05) is 18.2 Å². The Bertz CT molecular complexity index is 1090. The van der Waals surface area contributed by atoms with Crippen LogP contribution in [0.2, 0.25) is 0 Å². The molecule has 0 saturated heterocycles. The molecule has 8 heteroatoms. The zero-order valence-corrected chi connectivity index (χ0v) is 14.6. The summed E-state index contributed by atoms with van der Waals surface area (Å²) in [6, 6.07) is 6.48. The Hall–Kier alpha value is -3.13. The topological polar surface area (TPSA) is 103 Å². The maximum Gasteiger partial charge on any atom is 0.325 e. The summed E-state index contributed by atoms with van der Waals surface area (Å²) in [5, 5.41) is 10.8. The molecule has 4 rings (SSSR count). The van der Waals surface area contributed by atoms with E-state index >= 15 is 0 Å². The summed E-state index contributed by atoms with van der Waals surface area (Å²) in [4.78, 5) is 40.4. The number of carbonyl (C=O) groups excluding carboxylic acids is 2. The third kappa shape index (κ3) is 2.30. The first kappa shape index (κ1) is 16.3. The van der Waals surface area contributed by atoms with Gasteiger partial charge in [0.25, 0.3) is 0 Å². The van der Waals surface area contributed by atoms with Crippen LogP contribution in [0, 0.1) is 17.0 Å². The lowest BCUT2D eigenvalue weighted by Crippen LogP contribution is -2.23. The minimum atomic E-state index is -0.600. The quantitative estimate of drug-likeness (QED) is 0.401. The van der Waals surface area contributed by atoms with Crippen molar-refractivity contribution >= 4 is 27.9 Å². The zero-order chi connectivity index (χ0) is 18.6. The summed E-state index contributed by atoms with van der Waals surface area (Å²) in [7, 11) is 0. The van der Waals surface area contributed by atoms with Crippen molar-refractivity contribution in [1.82, 2.24) is 4.98 Å². The first-order chi connectivity index (χ1) is 12.4. The van der Waals surface area contributed by atoms with Gasteiger partial charge in [0.05, 0.1) is 20.9 Å². The molecule has 1 aliphatic rings. The fourth-order valence-corrected chi connectivity index (χ4v) is 4.05. The molecule has 0 amide bonds. The van der Waals surface area contributed by atoms with Crippen LogP contribution >= 0.6 is 11.3 Å². The predicted molar refractivity (Wildman–Crippen MR) is 93.0 cm³/mol. The minimum absolute atomic E-state index is 0.0304. The van der Waals surface area contributed by atoms with Gasteiger partial charge in [0.15, 0.2) is 0 Å². The van der Waals surface area contributed by atoms with Gasteiger partial charge in [-0.15, -0.1) is 0 Å². The van der Waals surface area contributed by atoms with Crippen molar-refractivity contribution in [1.29, 1.82) is 0 Å². The SMILES string of the molecule is Cc1ccc(C(C)c2ccnc3c2C(=O)c2sc([N+](=O)[O-])cc2C3=O)o1. The van der Waals surface area contributed by atoms with E-state index in [0.29, 0.717) is 11.3 Å². The summed E-state index contributed by atoms with van der Waals surface area (Å²) in [5.41, 5.74) is 0.890. The van der Waals surface area contributed by atoms with Gasteiger partial charge < -0.3 is 4.42 Å². The third-order valence-electron chi connectivity index (χ3n) is 4.43. The van der Waals surface area contributed by atoms with Crippen LogP contribution in [0.3, 0.4) is 0 Å². The molecule has 0 aliphatic heterocycles. The van der Waals surface area contributed by atoms with Crippen molar-refractivity contribution in [3.63, 3.8) is 0 Å². The largest absolute Gasteiger partial charge is 0.466 e. The monoisotopic (exact) mass is 368 g/mol. The standard InChI is InChI=1S/C18H12N2O5S/c1-8-3-4-12(25-8)9(2)10-5-6-19-15-14(10)17(22)18-11(16(15)21)7-13(26-18)20(23)24/h3-7,9H,1-2H3. The van der Waals surface area contributed by atoms with E-state index in [0.717, 1.165) is 23.2 Å². The van der Waals surface area contributed by atoms with E-state index in [-0.39, 0.29) is 32.6 Å². The highest BCUT2D eigenvalue weighted by molar-refractivity contribution is 7.17. The second kappa shape index (κ2) is 5.70. The molecule has 130 valence electrons. The predicted octanol–water partition coefficient (Wildman–Crippen LogP) is 3.88. The maximum atomic E-state index is 13.0. The summed E-state index contributed by atoms with van der Waals surface area (Å²) in [6.45, 7) is 3.70. The van der Waals surface area contributed by atoms with E-state index < -0.39 is 16.5 Å². The number of carbonyl (C=O) groups is 2. The number of pyridine rings is 1. The molecule has 0 spiro atoms. The van der Waals surface area contributed by atoms with Crippen molar-refractivity contribution in [3.05, 3.63) is 79.4 Å². The lowest BCUT2D eigenvalue weighted by molar-refractivity contribution is -0.380. The van der Waals surface area contributed by atoms with Crippen LogP contribution in [0.4, 0.5) is 5.00 Å². The summed E-state index contributed by atoms with van der Waals surface area (Å²) >= 11 is 0.719. The van der Waals surface area contributed by atoms with E-state index in [9.17, 15) is 19.7 Å². The molecule has 3 aromatic rings. The number of rotatable bonds is 3. The second-order valence-corrected chi connectivity index (χ2v) is 7.07. The molecule has 1 atom stereocenters. The van der Waals surface area contributed by atoms with Gasteiger partial charge >= 0.3 is 5.00 Å². The Morgan fingerprint density at radius 3 is 2.65 bits per heavy atom. The Labute approximate surface area is 151 Å². The highest BCUT2D eigenvalue weighted by Gasteiger charge is 2.38. The van der Waals surface area contributed by atoms with Crippen molar-refractivity contribution in [2.24, 2.45) is 0 Å². The van der Waals surface area contributed by atoms with Crippen LogP contribution in [-0.4, -0.2) is 21.5 Å². The van der Waals surface area contributed by atoms with E-state index in [2.05, 4.69) is 4.98 Å². The fraction of sp³-hybridized carbons (Fsp3) is 0.167. The molecule has 3 aromatic heterocycles. The van der Waals surface area contributed by atoms with Gasteiger partial charge in [-0.2, -0.15) is 0 Å².